The largest absolute Gasteiger partial charge is 0.393 e. The average Bonchev–Trinajstić information content (AvgIpc) is 2.29. The number of aliphatic hydroxyl groups is 1. The molecule has 0 radical (unpaired) electrons. The molecule has 3 atom stereocenters. The zero-order valence-corrected chi connectivity index (χ0v) is 7.34. The summed E-state index contributed by atoms with van der Waals surface area (Å²) < 4.78 is 0. The SMILES string of the molecule is C[C@@]12CCCCC1CC[C@@H]2O. The van der Waals surface area contributed by atoms with E-state index in [0.717, 1.165) is 12.3 Å². The first-order valence-electron chi connectivity index (χ1n) is 4.91. The summed E-state index contributed by atoms with van der Waals surface area (Å²) in [6.07, 6.45) is 7.70. The van der Waals surface area contributed by atoms with Crippen LogP contribution in [-0.2, 0) is 0 Å². The van der Waals surface area contributed by atoms with Crippen molar-refractivity contribution in [3.8, 4) is 0 Å². The van der Waals surface area contributed by atoms with E-state index < -0.39 is 0 Å². The summed E-state index contributed by atoms with van der Waals surface area (Å²) in [4.78, 5) is 0. The maximum absolute atomic E-state index is 9.78. The van der Waals surface area contributed by atoms with E-state index in [2.05, 4.69) is 6.92 Å². The molecule has 2 fully saturated rings. The van der Waals surface area contributed by atoms with Crippen molar-refractivity contribution in [1.29, 1.82) is 0 Å². The molecule has 0 spiro atoms. The van der Waals surface area contributed by atoms with Crippen LogP contribution in [0.5, 0.6) is 0 Å². The Bertz CT molecular complexity index is 153. The van der Waals surface area contributed by atoms with Gasteiger partial charge in [-0.05, 0) is 37.0 Å². The van der Waals surface area contributed by atoms with Gasteiger partial charge in [-0.1, -0.05) is 19.8 Å². The molecule has 64 valence electrons. The molecule has 0 aromatic rings. The molecule has 0 bridgehead atoms. The van der Waals surface area contributed by atoms with Crippen molar-refractivity contribution >= 4 is 0 Å². The van der Waals surface area contributed by atoms with Crippen molar-refractivity contribution in [2.24, 2.45) is 11.3 Å². The minimum absolute atomic E-state index is 0.00722. The second kappa shape index (κ2) is 2.48. The third kappa shape index (κ3) is 1.01. The number of hydrogen-bond donors (Lipinski definition) is 1. The third-order valence-electron chi connectivity index (χ3n) is 4.00. The molecule has 11 heavy (non-hydrogen) atoms. The predicted molar refractivity (Wildman–Crippen MR) is 45.3 cm³/mol. The molecule has 2 aliphatic rings. The Balaban J connectivity index is 2.16. The summed E-state index contributed by atoms with van der Waals surface area (Å²) in [7, 11) is 0. The van der Waals surface area contributed by atoms with E-state index in [1.165, 1.54) is 32.1 Å². The van der Waals surface area contributed by atoms with Crippen LogP contribution < -0.4 is 0 Å². The topological polar surface area (TPSA) is 20.2 Å². The summed E-state index contributed by atoms with van der Waals surface area (Å²) in [6, 6.07) is 0. The van der Waals surface area contributed by atoms with Crippen LogP contribution in [0, 0.1) is 11.3 Å². The Morgan fingerprint density at radius 1 is 1.18 bits per heavy atom. The molecular formula is C10H18O. The molecule has 1 heteroatoms. The van der Waals surface area contributed by atoms with Gasteiger partial charge >= 0.3 is 0 Å². The fourth-order valence-corrected chi connectivity index (χ4v) is 3.03. The molecule has 0 aliphatic heterocycles. The zero-order chi connectivity index (χ0) is 7.90. The second-order valence-electron chi connectivity index (χ2n) is 4.54. The summed E-state index contributed by atoms with van der Waals surface area (Å²) in [5, 5.41) is 9.78. The molecule has 0 saturated heterocycles. The van der Waals surface area contributed by atoms with Crippen LogP contribution in [0.25, 0.3) is 0 Å². The lowest BCUT2D eigenvalue weighted by Gasteiger charge is -2.38. The Morgan fingerprint density at radius 2 is 2.00 bits per heavy atom. The van der Waals surface area contributed by atoms with Gasteiger partial charge in [0.25, 0.3) is 0 Å². The van der Waals surface area contributed by atoms with Crippen LogP contribution in [0.4, 0.5) is 0 Å². The summed E-state index contributed by atoms with van der Waals surface area (Å²) in [6.45, 7) is 2.29. The van der Waals surface area contributed by atoms with Crippen molar-refractivity contribution in [3.63, 3.8) is 0 Å². The minimum atomic E-state index is 0.00722. The Labute approximate surface area is 68.8 Å². The molecule has 2 saturated carbocycles. The van der Waals surface area contributed by atoms with Gasteiger partial charge in [-0.2, -0.15) is 0 Å². The summed E-state index contributed by atoms with van der Waals surface area (Å²) in [5.74, 6) is 0.839. The fraction of sp³-hybridized carbons (Fsp3) is 1.00. The smallest absolute Gasteiger partial charge is 0.0596 e. The zero-order valence-electron chi connectivity index (χ0n) is 7.34. The Morgan fingerprint density at radius 3 is 2.73 bits per heavy atom. The quantitative estimate of drug-likeness (QED) is 0.568. The second-order valence-corrected chi connectivity index (χ2v) is 4.54. The average molecular weight is 154 g/mol. The van der Waals surface area contributed by atoms with Crippen molar-refractivity contribution in [2.45, 2.75) is 51.6 Å². The molecule has 0 heterocycles. The van der Waals surface area contributed by atoms with E-state index in [4.69, 9.17) is 0 Å². The van der Waals surface area contributed by atoms with Gasteiger partial charge in [-0.3, -0.25) is 0 Å². The van der Waals surface area contributed by atoms with Crippen LogP contribution in [-0.4, -0.2) is 11.2 Å². The van der Waals surface area contributed by atoms with Crippen LogP contribution in [0.1, 0.15) is 45.4 Å². The standard InChI is InChI=1S/C10H18O/c1-10-7-3-2-4-8(10)5-6-9(10)11/h8-9,11H,2-7H2,1H3/t8?,9-,10+/m0/s1. The molecule has 0 aromatic heterocycles. The number of fused-ring (bicyclic) bond motifs is 1. The fourth-order valence-electron chi connectivity index (χ4n) is 3.03. The van der Waals surface area contributed by atoms with E-state index >= 15 is 0 Å². The highest BCUT2D eigenvalue weighted by Crippen LogP contribution is 2.51. The van der Waals surface area contributed by atoms with Crippen molar-refractivity contribution in [2.75, 3.05) is 0 Å². The maximum Gasteiger partial charge on any atom is 0.0596 e. The number of rotatable bonds is 0. The van der Waals surface area contributed by atoms with E-state index in [0.29, 0.717) is 5.41 Å². The monoisotopic (exact) mass is 154 g/mol. The third-order valence-corrected chi connectivity index (χ3v) is 4.00. The van der Waals surface area contributed by atoms with E-state index in [1.807, 2.05) is 0 Å². The normalized spacial score (nSPS) is 50.7. The van der Waals surface area contributed by atoms with Gasteiger partial charge in [-0.15, -0.1) is 0 Å². The van der Waals surface area contributed by atoms with Crippen molar-refractivity contribution < 1.29 is 5.11 Å². The van der Waals surface area contributed by atoms with Crippen LogP contribution in [0.3, 0.4) is 0 Å². The van der Waals surface area contributed by atoms with Gasteiger partial charge in [0.2, 0.25) is 0 Å². The molecule has 2 rings (SSSR count). The number of aliphatic hydroxyl groups excluding tert-OH is 1. The van der Waals surface area contributed by atoms with Crippen molar-refractivity contribution in [1.82, 2.24) is 0 Å². The van der Waals surface area contributed by atoms with Gasteiger partial charge < -0.3 is 5.11 Å². The lowest BCUT2D eigenvalue weighted by Crippen LogP contribution is -2.34. The molecule has 1 unspecified atom stereocenters. The van der Waals surface area contributed by atoms with Crippen LogP contribution in [0.15, 0.2) is 0 Å². The first-order valence-corrected chi connectivity index (χ1v) is 4.91. The maximum atomic E-state index is 9.78. The molecule has 1 nitrogen and oxygen atoms in total. The van der Waals surface area contributed by atoms with Crippen LogP contribution >= 0.6 is 0 Å². The van der Waals surface area contributed by atoms with Gasteiger partial charge in [0, 0.05) is 0 Å². The van der Waals surface area contributed by atoms with Gasteiger partial charge in [0.15, 0.2) is 0 Å². The Kier molecular flexibility index (Phi) is 1.71. The van der Waals surface area contributed by atoms with Gasteiger partial charge in [-0.25, -0.2) is 0 Å². The Hall–Kier alpha value is -0.0400. The first-order chi connectivity index (χ1) is 5.23. The lowest BCUT2D eigenvalue weighted by molar-refractivity contribution is 0.0138. The highest BCUT2D eigenvalue weighted by molar-refractivity contribution is 4.96. The number of hydrogen-bond acceptors (Lipinski definition) is 1. The lowest BCUT2D eigenvalue weighted by atomic mass is 9.69. The van der Waals surface area contributed by atoms with E-state index in [9.17, 15) is 5.11 Å². The molecule has 2 aliphatic carbocycles. The predicted octanol–water partition coefficient (Wildman–Crippen LogP) is 2.34. The molecular weight excluding hydrogens is 136 g/mol. The van der Waals surface area contributed by atoms with Gasteiger partial charge in [0.05, 0.1) is 6.10 Å². The first kappa shape index (κ1) is 7.60. The molecule has 0 aromatic carbocycles. The highest BCUT2D eigenvalue weighted by Gasteiger charge is 2.46. The molecule has 0 amide bonds. The van der Waals surface area contributed by atoms with E-state index in [-0.39, 0.29) is 6.10 Å². The minimum Gasteiger partial charge on any atom is -0.393 e. The highest BCUT2D eigenvalue weighted by atomic mass is 16.3. The molecule has 1 N–H and O–H groups in total. The summed E-state index contributed by atoms with van der Waals surface area (Å²) in [5.41, 5.74) is 0.304. The summed E-state index contributed by atoms with van der Waals surface area (Å²) >= 11 is 0. The van der Waals surface area contributed by atoms with Gasteiger partial charge in [0.1, 0.15) is 0 Å². The van der Waals surface area contributed by atoms with Crippen LogP contribution in [0.2, 0.25) is 0 Å². The van der Waals surface area contributed by atoms with E-state index in [1.54, 1.807) is 0 Å². The van der Waals surface area contributed by atoms with Crippen molar-refractivity contribution in [3.05, 3.63) is 0 Å².